The van der Waals surface area contributed by atoms with Gasteiger partial charge in [0.15, 0.2) is 0 Å². The second-order valence-corrected chi connectivity index (χ2v) is 5.55. The Bertz CT molecular complexity index is 462. The number of carboxylic acid groups (broad SMARTS) is 1. The van der Waals surface area contributed by atoms with Crippen molar-refractivity contribution in [3.8, 4) is 0 Å². The minimum absolute atomic E-state index is 0.218. The lowest BCUT2D eigenvalue weighted by molar-refractivity contribution is -0.142. The van der Waals surface area contributed by atoms with Crippen LogP contribution in [0.3, 0.4) is 0 Å². The van der Waals surface area contributed by atoms with E-state index in [1.54, 1.807) is 0 Å². The second-order valence-electron chi connectivity index (χ2n) is 4.69. The third-order valence-corrected chi connectivity index (χ3v) is 3.83. The Morgan fingerprint density at radius 3 is 2.65 bits per heavy atom. The molecule has 1 aromatic carbocycles. The summed E-state index contributed by atoms with van der Waals surface area (Å²) in [4.78, 5) is 22.9. The van der Waals surface area contributed by atoms with Gasteiger partial charge < -0.3 is 10.4 Å². The quantitative estimate of drug-likeness (QED) is 0.763. The molecule has 4 nitrogen and oxygen atoms in total. The SMILES string of the molecule is CCCC[C@H](NC(=O)CCc1ccccc1Br)C(=O)O. The van der Waals surface area contributed by atoms with Crippen molar-refractivity contribution >= 4 is 27.8 Å². The molecule has 0 saturated carbocycles. The maximum absolute atomic E-state index is 11.8. The minimum Gasteiger partial charge on any atom is -0.480 e. The first-order chi connectivity index (χ1) is 9.54. The molecule has 0 spiro atoms. The van der Waals surface area contributed by atoms with Gasteiger partial charge in [0.2, 0.25) is 5.91 Å². The molecule has 20 heavy (non-hydrogen) atoms. The number of halogens is 1. The molecule has 0 radical (unpaired) electrons. The van der Waals surface area contributed by atoms with E-state index in [4.69, 9.17) is 5.11 Å². The first-order valence-corrected chi connectivity index (χ1v) is 7.59. The molecule has 110 valence electrons. The zero-order valence-electron chi connectivity index (χ0n) is 11.6. The molecule has 0 aliphatic heterocycles. The number of aliphatic carboxylic acids is 1. The van der Waals surface area contributed by atoms with E-state index in [-0.39, 0.29) is 5.91 Å². The number of hydrogen-bond acceptors (Lipinski definition) is 2. The normalized spacial score (nSPS) is 11.9. The maximum atomic E-state index is 11.8. The number of carboxylic acids is 1. The molecule has 1 amide bonds. The van der Waals surface area contributed by atoms with Crippen molar-refractivity contribution in [3.05, 3.63) is 34.3 Å². The van der Waals surface area contributed by atoms with Gasteiger partial charge in [-0.15, -0.1) is 0 Å². The molecular weight excluding hydrogens is 322 g/mol. The smallest absolute Gasteiger partial charge is 0.326 e. The molecule has 0 heterocycles. The van der Waals surface area contributed by atoms with Crippen molar-refractivity contribution < 1.29 is 14.7 Å². The molecule has 0 aromatic heterocycles. The van der Waals surface area contributed by atoms with E-state index in [2.05, 4.69) is 21.2 Å². The summed E-state index contributed by atoms with van der Waals surface area (Å²) in [6.45, 7) is 1.99. The highest BCUT2D eigenvalue weighted by Crippen LogP contribution is 2.17. The molecule has 0 unspecified atom stereocenters. The number of rotatable bonds is 8. The number of nitrogens with one attached hydrogen (secondary N) is 1. The summed E-state index contributed by atoms with van der Waals surface area (Å²) in [5, 5.41) is 11.6. The van der Waals surface area contributed by atoms with Crippen LogP contribution in [0.25, 0.3) is 0 Å². The van der Waals surface area contributed by atoms with E-state index in [0.717, 1.165) is 22.9 Å². The third kappa shape index (κ3) is 5.74. The minimum atomic E-state index is -0.965. The zero-order valence-corrected chi connectivity index (χ0v) is 13.1. The first kappa shape index (κ1) is 16.7. The summed E-state index contributed by atoms with van der Waals surface area (Å²) in [5.41, 5.74) is 1.04. The average Bonchev–Trinajstić information content (AvgIpc) is 2.42. The predicted molar refractivity (Wildman–Crippen MR) is 81.6 cm³/mol. The molecule has 0 aliphatic carbocycles. The number of carbonyl (C=O) groups excluding carboxylic acids is 1. The van der Waals surface area contributed by atoms with E-state index in [0.29, 0.717) is 19.3 Å². The first-order valence-electron chi connectivity index (χ1n) is 6.80. The van der Waals surface area contributed by atoms with Gasteiger partial charge >= 0.3 is 5.97 Å². The van der Waals surface area contributed by atoms with Crippen LogP contribution < -0.4 is 5.32 Å². The average molecular weight is 342 g/mol. The van der Waals surface area contributed by atoms with Crippen molar-refractivity contribution in [1.82, 2.24) is 5.32 Å². The van der Waals surface area contributed by atoms with Crippen molar-refractivity contribution in [2.75, 3.05) is 0 Å². The predicted octanol–water partition coefficient (Wildman–Crippen LogP) is 3.14. The van der Waals surface area contributed by atoms with Gasteiger partial charge in [0.1, 0.15) is 6.04 Å². The fourth-order valence-corrected chi connectivity index (χ4v) is 2.36. The highest BCUT2D eigenvalue weighted by atomic mass is 79.9. The van der Waals surface area contributed by atoms with Crippen LogP contribution in [-0.2, 0) is 16.0 Å². The number of benzene rings is 1. The van der Waals surface area contributed by atoms with Gasteiger partial charge in [-0.1, -0.05) is 53.9 Å². The Morgan fingerprint density at radius 2 is 2.05 bits per heavy atom. The molecule has 0 saturated heterocycles. The fourth-order valence-electron chi connectivity index (χ4n) is 1.88. The van der Waals surface area contributed by atoms with Crippen molar-refractivity contribution in [1.29, 1.82) is 0 Å². The molecule has 1 atom stereocenters. The van der Waals surface area contributed by atoms with Gasteiger partial charge in [-0.25, -0.2) is 4.79 Å². The summed E-state index contributed by atoms with van der Waals surface area (Å²) >= 11 is 3.43. The van der Waals surface area contributed by atoms with Crippen LogP contribution in [-0.4, -0.2) is 23.0 Å². The Morgan fingerprint density at radius 1 is 1.35 bits per heavy atom. The Labute approximate surface area is 127 Å². The van der Waals surface area contributed by atoms with Crippen LogP contribution in [0.1, 0.15) is 38.2 Å². The standard InChI is InChI=1S/C15H20BrNO3/c1-2-3-8-13(15(19)20)17-14(18)10-9-11-6-4-5-7-12(11)16/h4-7,13H,2-3,8-10H2,1H3,(H,17,18)(H,19,20)/t13-/m0/s1. The highest BCUT2D eigenvalue weighted by Gasteiger charge is 2.18. The summed E-state index contributed by atoms with van der Waals surface area (Å²) in [6, 6.07) is 6.93. The lowest BCUT2D eigenvalue weighted by atomic mass is 10.1. The summed E-state index contributed by atoms with van der Waals surface area (Å²) < 4.78 is 0.966. The number of amides is 1. The van der Waals surface area contributed by atoms with Crippen LogP contribution in [0.2, 0.25) is 0 Å². The zero-order chi connectivity index (χ0) is 15.0. The molecule has 0 aliphatic rings. The number of hydrogen-bond donors (Lipinski definition) is 2. The molecule has 5 heteroatoms. The fraction of sp³-hybridized carbons (Fsp3) is 0.467. The lowest BCUT2D eigenvalue weighted by Crippen LogP contribution is -2.40. The van der Waals surface area contributed by atoms with Crippen LogP contribution >= 0.6 is 15.9 Å². The lowest BCUT2D eigenvalue weighted by Gasteiger charge is -2.14. The van der Waals surface area contributed by atoms with Gasteiger partial charge in [0.25, 0.3) is 0 Å². The van der Waals surface area contributed by atoms with Gasteiger partial charge in [-0.05, 0) is 24.5 Å². The summed E-state index contributed by atoms with van der Waals surface area (Å²) in [6.07, 6.45) is 3.07. The van der Waals surface area contributed by atoms with Crippen molar-refractivity contribution in [2.24, 2.45) is 0 Å². The largest absolute Gasteiger partial charge is 0.480 e. The maximum Gasteiger partial charge on any atom is 0.326 e. The number of carbonyl (C=O) groups is 2. The van der Waals surface area contributed by atoms with Crippen LogP contribution in [0.5, 0.6) is 0 Å². The monoisotopic (exact) mass is 341 g/mol. The second kappa shape index (κ2) is 8.74. The summed E-state index contributed by atoms with van der Waals surface area (Å²) in [7, 11) is 0. The van der Waals surface area contributed by atoms with E-state index in [1.165, 1.54) is 0 Å². The van der Waals surface area contributed by atoms with Gasteiger partial charge in [-0.2, -0.15) is 0 Å². The Kier molecular flexibility index (Phi) is 7.30. The topological polar surface area (TPSA) is 66.4 Å². The molecule has 2 N–H and O–H groups in total. The Hall–Kier alpha value is -1.36. The highest BCUT2D eigenvalue weighted by molar-refractivity contribution is 9.10. The summed E-state index contributed by atoms with van der Waals surface area (Å²) in [5.74, 6) is -1.18. The van der Waals surface area contributed by atoms with E-state index in [1.807, 2.05) is 31.2 Å². The number of aryl methyl sites for hydroxylation is 1. The molecule has 0 fully saturated rings. The van der Waals surface area contributed by atoms with E-state index < -0.39 is 12.0 Å². The van der Waals surface area contributed by atoms with E-state index >= 15 is 0 Å². The van der Waals surface area contributed by atoms with Crippen LogP contribution in [0, 0.1) is 0 Å². The van der Waals surface area contributed by atoms with E-state index in [9.17, 15) is 9.59 Å². The van der Waals surface area contributed by atoms with Gasteiger partial charge in [0, 0.05) is 10.9 Å². The van der Waals surface area contributed by atoms with Gasteiger partial charge in [-0.3, -0.25) is 4.79 Å². The van der Waals surface area contributed by atoms with Crippen molar-refractivity contribution in [2.45, 2.75) is 45.1 Å². The van der Waals surface area contributed by atoms with Crippen LogP contribution in [0.15, 0.2) is 28.7 Å². The third-order valence-electron chi connectivity index (χ3n) is 3.06. The van der Waals surface area contributed by atoms with Gasteiger partial charge in [0.05, 0.1) is 0 Å². The van der Waals surface area contributed by atoms with Crippen LogP contribution in [0.4, 0.5) is 0 Å². The molecule has 1 rings (SSSR count). The number of unbranched alkanes of at least 4 members (excludes halogenated alkanes) is 1. The molecule has 0 bridgehead atoms. The molecular formula is C15H20BrNO3. The van der Waals surface area contributed by atoms with Crippen molar-refractivity contribution in [3.63, 3.8) is 0 Å². The molecule has 1 aromatic rings. The Balaban J connectivity index is 2.46.